The summed E-state index contributed by atoms with van der Waals surface area (Å²) < 4.78 is 10.5. The molecule has 0 saturated carbocycles. The van der Waals surface area contributed by atoms with Crippen LogP contribution in [0.3, 0.4) is 0 Å². The number of imide groups is 1. The molecule has 5 heteroatoms. The lowest BCUT2D eigenvalue weighted by Gasteiger charge is -2.25. The number of hydrogen-bond donors (Lipinski definition) is 1. The van der Waals surface area contributed by atoms with Gasteiger partial charge in [-0.2, -0.15) is 0 Å². The molecular formula is C8H11NO4. The summed E-state index contributed by atoms with van der Waals surface area (Å²) in [5.41, 5.74) is 0. The Balaban J connectivity index is 1.99. The van der Waals surface area contributed by atoms with E-state index in [1.165, 1.54) is 0 Å². The fourth-order valence-corrected chi connectivity index (χ4v) is 1.61. The molecule has 2 unspecified atom stereocenters. The average Bonchev–Trinajstić information content (AvgIpc) is 2.47. The molecule has 2 fully saturated rings. The lowest BCUT2D eigenvalue weighted by Crippen LogP contribution is -2.38. The minimum Gasteiger partial charge on any atom is -0.376 e. The molecule has 0 bridgehead atoms. The van der Waals surface area contributed by atoms with E-state index in [9.17, 15) is 9.59 Å². The second-order valence-corrected chi connectivity index (χ2v) is 3.21. The van der Waals surface area contributed by atoms with E-state index in [1.807, 2.05) is 0 Å². The number of carbonyl (C=O) groups excluding carboxylic acids is 2. The summed E-state index contributed by atoms with van der Waals surface area (Å²) >= 11 is 0. The summed E-state index contributed by atoms with van der Waals surface area (Å²) in [7, 11) is 0. The van der Waals surface area contributed by atoms with Crippen molar-refractivity contribution in [2.24, 2.45) is 5.92 Å². The third kappa shape index (κ3) is 1.71. The molecule has 72 valence electrons. The molecule has 2 saturated heterocycles. The van der Waals surface area contributed by atoms with E-state index >= 15 is 0 Å². The summed E-state index contributed by atoms with van der Waals surface area (Å²) in [5, 5.41) is 2.25. The summed E-state index contributed by atoms with van der Waals surface area (Å²) in [5.74, 6) is -0.808. The molecule has 5 nitrogen and oxygen atoms in total. The molecule has 13 heavy (non-hydrogen) atoms. The highest BCUT2D eigenvalue weighted by atomic mass is 16.6. The molecule has 0 aromatic heterocycles. The smallest absolute Gasteiger partial charge is 0.232 e. The van der Waals surface area contributed by atoms with Crippen LogP contribution in [0.2, 0.25) is 0 Å². The molecule has 2 heterocycles. The average molecular weight is 185 g/mol. The molecule has 2 aliphatic heterocycles. The maximum Gasteiger partial charge on any atom is 0.232 e. The maximum absolute atomic E-state index is 11.2. The molecule has 2 aliphatic rings. The highest BCUT2D eigenvalue weighted by molar-refractivity contribution is 6.03. The third-order valence-electron chi connectivity index (χ3n) is 2.30. The lowest BCUT2D eigenvalue weighted by atomic mass is 10.0. The summed E-state index contributed by atoms with van der Waals surface area (Å²) in [6.07, 6.45) is -0.0208. The molecule has 0 spiro atoms. The van der Waals surface area contributed by atoms with E-state index < -0.39 is 0 Å². The van der Waals surface area contributed by atoms with Gasteiger partial charge in [0.05, 0.1) is 31.8 Å². The predicted octanol–water partition coefficient (Wildman–Crippen LogP) is -0.935. The topological polar surface area (TPSA) is 64.6 Å². The first kappa shape index (κ1) is 8.65. The van der Waals surface area contributed by atoms with Crippen molar-refractivity contribution in [1.82, 2.24) is 5.32 Å². The van der Waals surface area contributed by atoms with Crippen LogP contribution in [0, 0.1) is 5.92 Å². The van der Waals surface area contributed by atoms with Gasteiger partial charge in [-0.3, -0.25) is 14.9 Å². The van der Waals surface area contributed by atoms with Gasteiger partial charge in [0, 0.05) is 6.42 Å². The van der Waals surface area contributed by atoms with Crippen LogP contribution in [0.1, 0.15) is 6.42 Å². The Morgan fingerprint density at radius 2 is 2.15 bits per heavy atom. The van der Waals surface area contributed by atoms with Gasteiger partial charge in [0.15, 0.2) is 0 Å². The van der Waals surface area contributed by atoms with Gasteiger partial charge in [-0.05, 0) is 0 Å². The van der Waals surface area contributed by atoms with Crippen LogP contribution in [0.25, 0.3) is 0 Å². The van der Waals surface area contributed by atoms with Crippen molar-refractivity contribution < 1.29 is 19.1 Å². The minimum absolute atomic E-state index is 0.218. The SMILES string of the molecule is O=C1CC(C2COCCO2)C(=O)N1. The van der Waals surface area contributed by atoms with Crippen molar-refractivity contribution in [3.63, 3.8) is 0 Å². The number of ether oxygens (including phenoxy) is 2. The third-order valence-corrected chi connectivity index (χ3v) is 2.30. The van der Waals surface area contributed by atoms with Gasteiger partial charge in [-0.25, -0.2) is 0 Å². The van der Waals surface area contributed by atoms with Gasteiger partial charge in [0.2, 0.25) is 11.8 Å². The predicted molar refractivity (Wildman–Crippen MR) is 41.8 cm³/mol. The Hall–Kier alpha value is -0.940. The van der Waals surface area contributed by atoms with Gasteiger partial charge in [-0.1, -0.05) is 0 Å². The lowest BCUT2D eigenvalue weighted by molar-refractivity contribution is -0.139. The number of rotatable bonds is 1. The van der Waals surface area contributed by atoms with E-state index in [2.05, 4.69) is 5.32 Å². The van der Waals surface area contributed by atoms with Crippen LogP contribution >= 0.6 is 0 Å². The summed E-state index contributed by atoms with van der Waals surface area (Å²) in [6.45, 7) is 1.48. The number of amides is 2. The van der Waals surface area contributed by atoms with Gasteiger partial charge >= 0.3 is 0 Å². The van der Waals surface area contributed by atoms with E-state index in [-0.39, 0.29) is 30.3 Å². The molecule has 1 N–H and O–H groups in total. The van der Waals surface area contributed by atoms with Crippen LogP contribution in [0.5, 0.6) is 0 Å². The Labute approximate surface area is 75.4 Å². The van der Waals surface area contributed by atoms with E-state index in [4.69, 9.17) is 9.47 Å². The molecule has 0 radical (unpaired) electrons. The Morgan fingerprint density at radius 3 is 2.69 bits per heavy atom. The van der Waals surface area contributed by atoms with Crippen molar-refractivity contribution >= 4 is 11.8 Å². The van der Waals surface area contributed by atoms with Gasteiger partial charge in [0.25, 0.3) is 0 Å². The van der Waals surface area contributed by atoms with Crippen molar-refractivity contribution in [3.8, 4) is 0 Å². The van der Waals surface area contributed by atoms with Crippen molar-refractivity contribution in [1.29, 1.82) is 0 Å². The van der Waals surface area contributed by atoms with Crippen LogP contribution in [0.15, 0.2) is 0 Å². The largest absolute Gasteiger partial charge is 0.376 e. The molecule has 0 aromatic carbocycles. The fraction of sp³-hybridized carbons (Fsp3) is 0.750. The first-order chi connectivity index (χ1) is 6.27. The molecule has 0 aromatic rings. The second kappa shape index (κ2) is 3.43. The maximum atomic E-state index is 11.2. The zero-order valence-corrected chi connectivity index (χ0v) is 7.12. The first-order valence-corrected chi connectivity index (χ1v) is 4.30. The molecule has 0 aliphatic carbocycles. The molecule has 2 amide bonds. The van der Waals surface area contributed by atoms with Gasteiger partial charge in [0.1, 0.15) is 0 Å². The second-order valence-electron chi connectivity index (χ2n) is 3.21. The number of carbonyl (C=O) groups is 2. The zero-order chi connectivity index (χ0) is 9.26. The van der Waals surface area contributed by atoms with E-state index in [0.717, 1.165) is 0 Å². The van der Waals surface area contributed by atoms with E-state index in [1.54, 1.807) is 0 Å². The normalized spacial score (nSPS) is 34.8. The Kier molecular flexibility index (Phi) is 2.28. The standard InChI is InChI=1S/C8H11NO4/c10-7-3-5(8(11)9-7)6-4-12-1-2-13-6/h5-6H,1-4H2,(H,9,10,11). The van der Waals surface area contributed by atoms with Crippen LogP contribution in [-0.4, -0.2) is 37.7 Å². The van der Waals surface area contributed by atoms with Crippen LogP contribution in [-0.2, 0) is 19.1 Å². The summed E-state index contributed by atoms with van der Waals surface area (Å²) in [4.78, 5) is 22.1. The van der Waals surface area contributed by atoms with Crippen LogP contribution < -0.4 is 5.32 Å². The van der Waals surface area contributed by atoms with Gasteiger partial charge < -0.3 is 9.47 Å². The van der Waals surface area contributed by atoms with Crippen molar-refractivity contribution in [2.45, 2.75) is 12.5 Å². The first-order valence-electron chi connectivity index (χ1n) is 4.30. The van der Waals surface area contributed by atoms with Crippen LogP contribution in [0.4, 0.5) is 0 Å². The number of nitrogens with one attached hydrogen (secondary N) is 1. The highest BCUT2D eigenvalue weighted by Crippen LogP contribution is 2.20. The Bertz CT molecular complexity index is 234. The molecular weight excluding hydrogens is 174 g/mol. The van der Waals surface area contributed by atoms with Gasteiger partial charge in [-0.15, -0.1) is 0 Å². The minimum atomic E-state index is -0.354. The monoisotopic (exact) mass is 185 g/mol. The molecule has 2 atom stereocenters. The zero-order valence-electron chi connectivity index (χ0n) is 7.12. The van der Waals surface area contributed by atoms with E-state index in [0.29, 0.717) is 19.8 Å². The van der Waals surface area contributed by atoms with Crippen molar-refractivity contribution in [2.75, 3.05) is 19.8 Å². The highest BCUT2D eigenvalue weighted by Gasteiger charge is 2.38. The fourth-order valence-electron chi connectivity index (χ4n) is 1.61. The van der Waals surface area contributed by atoms with Crippen molar-refractivity contribution in [3.05, 3.63) is 0 Å². The number of hydrogen-bond acceptors (Lipinski definition) is 4. The molecule has 2 rings (SSSR count). The Morgan fingerprint density at radius 1 is 1.31 bits per heavy atom. The summed E-state index contributed by atoms with van der Waals surface area (Å²) in [6, 6.07) is 0. The quantitative estimate of drug-likeness (QED) is 0.536.